The highest BCUT2D eigenvalue weighted by Crippen LogP contribution is 2.36. The third kappa shape index (κ3) is 4.40. The predicted molar refractivity (Wildman–Crippen MR) is 92.4 cm³/mol. The van der Waals surface area contributed by atoms with Crippen molar-refractivity contribution in [2.75, 3.05) is 5.32 Å². The van der Waals surface area contributed by atoms with E-state index in [2.05, 4.69) is 15.4 Å². The van der Waals surface area contributed by atoms with Gasteiger partial charge < -0.3 is 10.4 Å². The summed E-state index contributed by atoms with van der Waals surface area (Å²) in [6.45, 7) is 1.54. The number of pyridine rings is 1. The lowest BCUT2D eigenvalue weighted by Gasteiger charge is -2.22. The maximum absolute atomic E-state index is 13.6. The summed E-state index contributed by atoms with van der Waals surface area (Å²) in [6.07, 6.45) is 1.59. The maximum Gasteiger partial charge on any atom is 0.420 e. The molecule has 1 saturated carbocycles. The summed E-state index contributed by atoms with van der Waals surface area (Å²) < 4.78 is 41.9. The van der Waals surface area contributed by atoms with Crippen molar-refractivity contribution in [1.29, 1.82) is 0 Å². The van der Waals surface area contributed by atoms with E-state index in [4.69, 9.17) is 0 Å². The maximum atomic E-state index is 13.6. The minimum atomic E-state index is -4.69. The van der Waals surface area contributed by atoms with Crippen LogP contribution in [0.4, 0.5) is 18.9 Å². The average Bonchev–Trinajstić information content (AvgIpc) is 2.92. The zero-order chi connectivity index (χ0) is 19.6. The molecule has 1 aliphatic carbocycles. The number of aryl methyl sites for hydroxylation is 1. The van der Waals surface area contributed by atoms with Gasteiger partial charge in [-0.15, -0.1) is 0 Å². The number of rotatable bonds is 4. The molecule has 2 N–H and O–H groups in total. The number of halogens is 3. The standard InChI is InChI=1S/C18H21F3N4O2/c1-11-15(18(19,20)21)16(17(27)23-13-7-8-22-14(26)9-13)25(24-11)10-12-5-3-2-4-6-12/h7-9,12H,2-6,10H2,1H3,(H2,22,23,26,27). The van der Waals surface area contributed by atoms with E-state index in [1.54, 1.807) is 0 Å². The zero-order valence-electron chi connectivity index (χ0n) is 14.9. The minimum absolute atomic E-state index is 0.156. The van der Waals surface area contributed by atoms with Crippen LogP contribution in [0.2, 0.25) is 0 Å². The monoisotopic (exact) mass is 382 g/mol. The summed E-state index contributed by atoms with van der Waals surface area (Å²) in [7, 11) is 0. The van der Waals surface area contributed by atoms with Crippen molar-refractivity contribution < 1.29 is 23.1 Å². The number of alkyl halides is 3. The lowest BCUT2D eigenvalue weighted by Crippen LogP contribution is -2.24. The number of carbonyl (C=O) groups is 1. The van der Waals surface area contributed by atoms with Crippen molar-refractivity contribution in [3.05, 3.63) is 35.3 Å². The highest BCUT2D eigenvalue weighted by molar-refractivity contribution is 6.04. The molecule has 0 saturated heterocycles. The van der Waals surface area contributed by atoms with Gasteiger partial charge in [-0.25, -0.2) is 4.98 Å². The molecule has 27 heavy (non-hydrogen) atoms. The number of hydrogen-bond acceptors (Lipinski definition) is 4. The fourth-order valence-corrected chi connectivity index (χ4v) is 3.58. The minimum Gasteiger partial charge on any atom is -0.493 e. The average molecular weight is 382 g/mol. The molecule has 0 aliphatic heterocycles. The Morgan fingerprint density at radius 3 is 2.67 bits per heavy atom. The number of carbonyl (C=O) groups excluding carboxylic acids is 1. The summed E-state index contributed by atoms with van der Waals surface area (Å²) in [5.74, 6) is -1.05. The molecule has 2 aromatic rings. The Balaban J connectivity index is 1.95. The van der Waals surface area contributed by atoms with Crippen molar-refractivity contribution in [1.82, 2.24) is 14.8 Å². The lowest BCUT2D eigenvalue weighted by molar-refractivity contribution is -0.138. The second-order valence-electron chi connectivity index (χ2n) is 6.85. The molecule has 2 aromatic heterocycles. The first-order valence-corrected chi connectivity index (χ1v) is 8.86. The van der Waals surface area contributed by atoms with Crippen LogP contribution < -0.4 is 5.32 Å². The molecule has 0 radical (unpaired) electrons. The van der Waals surface area contributed by atoms with Crippen molar-refractivity contribution in [2.24, 2.45) is 5.92 Å². The fourth-order valence-electron chi connectivity index (χ4n) is 3.58. The molecule has 0 aromatic carbocycles. The number of amides is 1. The smallest absolute Gasteiger partial charge is 0.420 e. The SMILES string of the molecule is Cc1nn(CC2CCCCC2)c(C(=O)Nc2ccnc(O)c2)c1C(F)(F)F. The highest BCUT2D eigenvalue weighted by atomic mass is 19.4. The molecule has 0 spiro atoms. The summed E-state index contributed by atoms with van der Waals surface area (Å²) in [6, 6.07) is 2.56. The van der Waals surface area contributed by atoms with Crippen molar-refractivity contribution in [3.8, 4) is 5.88 Å². The molecule has 1 fully saturated rings. The van der Waals surface area contributed by atoms with Crippen LogP contribution >= 0.6 is 0 Å². The Bertz CT molecular complexity index is 826. The van der Waals surface area contributed by atoms with E-state index in [-0.39, 0.29) is 29.7 Å². The zero-order valence-corrected chi connectivity index (χ0v) is 14.9. The number of hydrogen-bond donors (Lipinski definition) is 2. The highest BCUT2D eigenvalue weighted by Gasteiger charge is 2.41. The van der Waals surface area contributed by atoms with Gasteiger partial charge in [0.1, 0.15) is 11.3 Å². The van der Waals surface area contributed by atoms with Gasteiger partial charge >= 0.3 is 6.18 Å². The Hall–Kier alpha value is -2.58. The second kappa shape index (κ2) is 7.58. The van der Waals surface area contributed by atoms with Crippen molar-refractivity contribution in [2.45, 2.75) is 51.7 Å². The first-order chi connectivity index (χ1) is 12.8. The van der Waals surface area contributed by atoms with E-state index in [0.29, 0.717) is 0 Å². The Kier molecular flexibility index (Phi) is 5.38. The summed E-state index contributed by atoms with van der Waals surface area (Å²) in [5, 5.41) is 15.8. The number of nitrogens with zero attached hydrogens (tertiary/aromatic N) is 3. The van der Waals surface area contributed by atoms with Gasteiger partial charge in [-0.2, -0.15) is 18.3 Å². The first-order valence-electron chi connectivity index (χ1n) is 8.86. The number of anilines is 1. The molecular weight excluding hydrogens is 361 g/mol. The van der Waals surface area contributed by atoms with Crippen LogP contribution in [0.1, 0.15) is 53.8 Å². The van der Waals surface area contributed by atoms with Crippen molar-refractivity contribution >= 4 is 11.6 Å². The van der Waals surface area contributed by atoms with Gasteiger partial charge in [0.05, 0.1) is 5.69 Å². The van der Waals surface area contributed by atoms with Crippen LogP contribution in [0.5, 0.6) is 5.88 Å². The van der Waals surface area contributed by atoms with E-state index in [1.165, 1.54) is 29.9 Å². The van der Waals surface area contributed by atoms with Gasteiger partial charge in [0.15, 0.2) is 0 Å². The van der Waals surface area contributed by atoms with Crippen LogP contribution in [0, 0.1) is 12.8 Å². The number of aromatic nitrogens is 3. The van der Waals surface area contributed by atoms with Crippen LogP contribution in [0.25, 0.3) is 0 Å². The summed E-state index contributed by atoms with van der Waals surface area (Å²) >= 11 is 0. The van der Waals surface area contributed by atoms with E-state index in [0.717, 1.165) is 32.1 Å². The Morgan fingerprint density at radius 2 is 2.04 bits per heavy atom. The molecule has 1 aliphatic rings. The van der Waals surface area contributed by atoms with Crippen LogP contribution in [0.3, 0.4) is 0 Å². The van der Waals surface area contributed by atoms with Gasteiger partial charge in [0.2, 0.25) is 5.88 Å². The molecule has 6 nitrogen and oxygen atoms in total. The van der Waals surface area contributed by atoms with E-state index in [1.807, 2.05) is 0 Å². The van der Waals surface area contributed by atoms with Gasteiger partial charge in [-0.1, -0.05) is 19.3 Å². The predicted octanol–water partition coefficient (Wildman–Crippen LogP) is 4.14. The Morgan fingerprint density at radius 1 is 1.33 bits per heavy atom. The molecule has 3 rings (SSSR count). The first kappa shape index (κ1) is 19.2. The van der Waals surface area contributed by atoms with Gasteiger partial charge in [-0.3, -0.25) is 9.48 Å². The largest absolute Gasteiger partial charge is 0.493 e. The molecule has 146 valence electrons. The molecule has 0 unspecified atom stereocenters. The van der Waals surface area contributed by atoms with Gasteiger partial charge in [-0.05, 0) is 31.7 Å². The topological polar surface area (TPSA) is 80.0 Å². The second-order valence-corrected chi connectivity index (χ2v) is 6.85. The molecule has 0 bridgehead atoms. The van der Waals surface area contributed by atoms with E-state index >= 15 is 0 Å². The van der Waals surface area contributed by atoms with E-state index < -0.39 is 23.3 Å². The van der Waals surface area contributed by atoms with Crippen LogP contribution in [-0.4, -0.2) is 25.8 Å². The van der Waals surface area contributed by atoms with Gasteiger partial charge in [0, 0.05) is 24.5 Å². The Labute approximate surface area is 154 Å². The summed E-state index contributed by atoms with van der Waals surface area (Å²) in [4.78, 5) is 16.3. The molecule has 0 atom stereocenters. The normalized spacial score (nSPS) is 15.7. The van der Waals surface area contributed by atoms with Crippen molar-refractivity contribution in [3.63, 3.8) is 0 Å². The summed E-state index contributed by atoms with van der Waals surface area (Å²) in [5.41, 5.74) is -1.58. The third-order valence-corrected chi connectivity index (χ3v) is 4.79. The number of nitrogens with one attached hydrogen (secondary N) is 1. The van der Waals surface area contributed by atoms with Gasteiger partial charge in [0.25, 0.3) is 5.91 Å². The third-order valence-electron chi connectivity index (χ3n) is 4.79. The molecular formula is C18H21F3N4O2. The quantitative estimate of drug-likeness (QED) is 0.833. The lowest BCUT2D eigenvalue weighted by atomic mass is 9.89. The molecule has 9 heteroatoms. The fraction of sp³-hybridized carbons (Fsp3) is 0.500. The van der Waals surface area contributed by atoms with E-state index in [9.17, 15) is 23.1 Å². The van der Waals surface area contributed by atoms with Crippen LogP contribution in [0.15, 0.2) is 18.3 Å². The molecule has 1 amide bonds. The molecule has 2 heterocycles. The van der Waals surface area contributed by atoms with Crippen LogP contribution in [-0.2, 0) is 12.7 Å². The number of aromatic hydroxyl groups is 1.